The number of amides is 1. The van der Waals surface area contributed by atoms with Gasteiger partial charge in [0.25, 0.3) is 0 Å². The Morgan fingerprint density at radius 1 is 1.27 bits per heavy atom. The SMILES string of the molecule is O=C(CO[C@H](c1ccccc1)C(F)(F)F)NC1CCOCC1. The largest absolute Gasteiger partial charge is 0.418 e. The molecule has 0 bridgehead atoms. The molecule has 0 radical (unpaired) electrons. The molecule has 7 heteroatoms. The van der Waals surface area contributed by atoms with Crippen LogP contribution in [-0.4, -0.2) is 37.9 Å². The number of nitrogens with one attached hydrogen (secondary N) is 1. The summed E-state index contributed by atoms with van der Waals surface area (Å²) in [5.74, 6) is -0.544. The molecular weight excluding hydrogens is 299 g/mol. The van der Waals surface area contributed by atoms with Crippen LogP contribution in [-0.2, 0) is 14.3 Å². The number of hydrogen-bond acceptors (Lipinski definition) is 3. The van der Waals surface area contributed by atoms with Crippen molar-refractivity contribution in [3.63, 3.8) is 0 Å². The highest BCUT2D eigenvalue weighted by Gasteiger charge is 2.42. The quantitative estimate of drug-likeness (QED) is 0.908. The highest BCUT2D eigenvalue weighted by atomic mass is 19.4. The smallest absolute Gasteiger partial charge is 0.381 e. The first-order chi connectivity index (χ1) is 10.5. The molecule has 1 saturated heterocycles. The lowest BCUT2D eigenvalue weighted by Crippen LogP contribution is -2.41. The van der Waals surface area contributed by atoms with Crippen molar-refractivity contribution in [1.82, 2.24) is 5.32 Å². The molecule has 0 saturated carbocycles. The van der Waals surface area contributed by atoms with Gasteiger partial charge < -0.3 is 14.8 Å². The summed E-state index contributed by atoms with van der Waals surface area (Å²) in [5.41, 5.74) is -0.0196. The van der Waals surface area contributed by atoms with Crippen molar-refractivity contribution < 1.29 is 27.4 Å². The Hall–Kier alpha value is -1.60. The number of benzene rings is 1. The van der Waals surface area contributed by atoms with E-state index in [2.05, 4.69) is 5.32 Å². The molecule has 122 valence electrons. The maximum Gasteiger partial charge on any atom is 0.418 e. The lowest BCUT2D eigenvalue weighted by Gasteiger charge is -2.24. The van der Waals surface area contributed by atoms with Gasteiger partial charge in [0, 0.05) is 19.3 Å². The summed E-state index contributed by atoms with van der Waals surface area (Å²) in [5, 5.41) is 2.67. The van der Waals surface area contributed by atoms with Crippen molar-refractivity contribution in [2.24, 2.45) is 0 Å². The third-order valence-electron chi connectivity index (χ3n) is 3.37. The third kappa shape index (κ3) is 4.99. The summed E-state index contributed by atoms with van der Waals surface area (Å²) in [4.78, 5) is 11.7. The van der Waals surface area contributed by atoms with Crippen LogP contribution < -0.4 is 5.32 Å². The highest BCUT2D eigenvalue weighted by Crippen LogP contribution is 2.35. The topological polar surface area (TPSA) is 47.6 Å². The second kappa shape index (κ2) is 7.60. The highest BCUT2D eigenvalue weighted by molar-refractivity contribution is 5.77. The first kappa shape index (κ1) is 16.8. The van der Waals surface area contributed by atoms with Gasteiger partial charge in [0.1, 0.15) is 6.61 Å². The molecule has 1 atom stereocenters. The predicted octanol–water partition coefficient (Wildman–Crippen LogP) is 2.60. The lowest BCUT2D eigenvalue weighted by molar-refractivity contribution is -0.223. The van der Waals surface area contributed by atoms with Crippen LogP contribution >= 0.6 is 0 Å². The molecule has 0 spiro atoms. The summed E-state index contributed by atoms with van der Waals surface area (Å²) >= 11 is 0. The number of rotatable bonds is 5. The molecule has 1 fully saturated rings. The van der Waals surface area contributed by atoms with Crippen molar-refractivity contribution >= 4 is 5.91 Å². The average molecular weight is 317 g/mol. The average Bonchev–Trinajstić information content (AvgIpc) is 2.48. The predicted molar refractivity (Wildman–Crippen MR) is 73.2 cm³/mol. The minimum Gasteiger partial charge on any atom is -0.381 e. The molecule has 0 unspecified atom stereocenters. The van der Waals surface area contributed by atoms with E-state index in [-0.39, 0.29) is 11.6 Å². The van der Waals surface area contributed by atoms with E-state index in [0.717, 1.165) is 0 Å². The molecule has 2 rings (SSSR count). The summed E-state index contributed by atoms with van der Waals surface area (Å²) in [6, 6.07) is 7.21. The molecule has 1 N–H and O–H groups in total. The van der Waals surface area contributed by atoms with Crippen molar-refractivity contribution in [3.05, 3.63) is 35.9 Å². The van der Waals surface area contributed by atoms with Crippen molar-refractivity contribution in [2.45, 2.75) is 31.2 Å². The first-order valence-corrected chi connectivity index (χ1v) is 7.07. The van der Waals surface area contributed by atoms with Crippen LogP contribution in [0.15, 0.2) is 30.3 Å². The first-order valence-electron chi connectivity index (χ1n) is 7.07. The maximum absolute atomic E-state index is 13.0. The number of carbonyl (C=O) groups is 1. The van der Waals surface area contributed by atoms with E-state index in [9.17, 15) is 18.0 Å². The summed E-state index contributed by atoms with van der Waals surface area (Å²) in [6.45, 7) is 0.457. The Labute approximate surface area is 126 Å². The zero-order chi connectivity index (χ0) is 16.0. The van der Waals surface area contributed by atoms with Gasteiger partial charge in [-0.15, -0.1) is 0 Å². The fourth-order valence-electron chi connectivity index (χ4n) is 2.28. The van der Waals surface area contributed by atoms with Crippen LogP contribution in [0.5, 0.6) is 0 Å². The van der Waals surface area contributed by atoms with Gasteiger partial charge in [-0.25, -0.2) is 0 Å². The van der Waals surface area contributed by atoms with Crippen LogP contribution in [0.3, 0.4) is 0 Å². The number of carbonyl (C=O) groups excluding carboxylic acids is 1. The molecule has 1 aliphatic heterocycles. The Morgan fingerprint density at radius 3 is 2.50 bits per heavy atom. The van der Waals surface area contributed by atoms with E-state index in [4.69, 9.17) is 9.47 Å². The van der Waals surface area contributed by atoms with E-state index < -0.39 is 24.8 Å². The minimum atomic E-state index is -4.57. The molecule has 4 nitrogen and oxygen atoms in total. The van der Waals surface area contributed by atoms with Crippen molar-refractivity contribution in [3.8, 4) is 0 Å². The second-order valence-electron chi connectivity index (χ2n) is 5.10. The van der Waals surface area contributed by atoms with Gasteiger partial charge in [-0.2, -0.15) is 13.2 Å². The number of halogens is 3. The van der Waals surface area contributed by atoms with Crippen LogP contribution in [0.1, 0.15) is 24.5 Å². The normalized spacial score (nSPS) is 18.0. The Kier molecular flexibility index (Phi) is 5.79. The van der Waals surface area contributed by atoms with E-state index >= 15 is 0 Å². The van der Waals surface area contributed by atoms with Crippen LogP contribution in [0.2, 0.25) is 0 Å². The van der Waals surface area contributed by atoms with Crippen molar-refractivity contribution in [2.75, 3.05) is 19.8 Å². The minimum absolute atomic E-state index is 0.0196. The summed E-state index contributed by atoms with van der Waals surface area (Å²) < 4.78 is 49.1. The maximum atomic E-state index is 13.0. The lowest BCUT2D eigenvalue weighted by atomic mass is 10.1. The van der Waals surface area contributed by atoms with Gasteiger partial charge in [0.05, 0.1) is 0 Å². The molecule has 1 aromatic rings. The van der Waals surface area contributed by atoms with Crippen molar-refractivity contribution in [1.29, 1.82) is 0 Å². The summed E-state index contributed by atoms with van der Waals surface area (Å²) in [6.07, 6.45) is -5.35. The standard InChI is InChI=1S/C15H18F3NO3/c16-15(17,18)14(11-4-2-1-3-5-11)22-10-13(20)19-12-6-8-21-9-7-12/h1-5,12,14H,6-10H2,(H,19,20)/t14-/m1/s1. The Balaban J connectivity index is 1.89. The monoisotopic (exact) mass is 317 g/mol. The van der Waals surface area contributed by atoms with Gasteiger partial charge in [-0.1, -0.05) is 30.3 Å². The number of alkyl halides is 3. The fourth-order valence-corrected chi connectivity index (χ4v) is 2.28. The van der Waals surface area contributed by atoms with Crippen LogP contribution in [0, 0.1) is 0 Å². The molecule has 1 amide bonds. The Bertz CT molecular complexity index is 473. The molecule has 1 heterocycles. The molecular formula is C15H18F3NO3. The molecule has 1 aliphatic rings. The van der Waals surface area contributed by atoms with Gasteiger partial charge in [0.2, 0.25) is 5.91 Å². The van der Waals surface area contributed by atoms with Gasteiger partial charge in [-0.05, 0) is 18.4 Å². The second-order valence-corrected chi connectivity index (χ2v) is 5.10. The van der Waals surface area contributed by atoms with Gasteiger partial charge >= 0.3 is 6.18 Å². The fraction of sp³-hybridized carbons (Fsp3) is 0.533. The summed E-state index contributed by atoms with van der Waals surface area (Å²) in [7, 11) is 0. The zero-order valence-electron chi connectivity index (χ0n) is 11.9. The van der Waals surface area contributed by atoms with Gasteiger partial charge in [-0.3, -0.25) is 4.79 Å². The third-order valence-corrected chi connectivity index (χ3v) is 3.37. The molecule has 1 aromatic carbocycles. The number of hydrogen-bond donors (Lipinski definition) is 1. The molecule has 0 aromatic heterocycles. The van der Waals surface area contributed by atoms with Crippen LogP contribution in [0.25, 0.3) is 0 Å². The molecule has 22 heavy (non-hydrogen) atoms. The van der Waals surface area contributed by atoms with E-state index in [0.29, 0.717) is 26.1 Å². The zero-order valence-corrected chi connectivity index (χ0v) is 11.9. The van der Waals surface area contributed by atoms with E-state index in [1.807, 2.05) is 0 Å². The van der Waals surface area contributed by atoms with E-state index in [1.54, 1.807) is 6.07 Å². The Morgan fingerprint density at radius 2 is 1.91 bits per heavy atom. The van der Waals surface area contributed by atoms with Gasteiger partial charge in [0.15, 0.2) is 6.10 Å². The number of ether oxygens (including phenoxy) is 2. The van der Waals surface area contributed by atoms with Crippen LogP contribution in [0.4, 0.5) is 13.2 Å². The molecule has 0 aliphatic carbocycles. The van der Waals surface area contributed by atoms with E-state index in [1.165, 1.54) is 24.3 Å².